The molecule has 0 aliphatic carbocycles. The van der Waals surface area contributed by atoms with Gasteiger partial charge in [0.25, 0.3) is 5.91 Å². The molecule has 10 heteroatoms. The number of hydrogen-bond acceptors (Lipinski definition) is 7. The topological polar surface area (TPSA) is 128 Å². The molecule has 0 fully saturated rings. The number of nitrogens with zero attached hydrogens (tertiary/aromatic N) is 4. The fraction of sp³-hybridized carbons (Fsp3) is 0.267. The molecule has 2 rings (SSSR count). The number of nitrogens with one attached hydrogen (secondary N) is 1. The maximum Gasteiger partial charge on any atom is 0.328 e. The lowest BCUT2D eigenvalue weighted by Crippen LogP contribution is -2.44. The highest BCUT2D eigenvalue weighted by atomic mass is 16.5. The van der Waals surface area contributed by atoms with Gasteiger partial charge in [0.1, 0.15) is 17.8 Å². The molecule has 0 saturated heterocycles. The predicted octanol–water partition coefficient (Wildman–Crippen LogP) is 0.0565. The van der Waals surface area contributed by atoms with E-state index in [4.69, 9.17) is 9.47 Å². The highest BCUT2D eigenvalue weighted by Gasteiger charge is 2.21. The molecule has 0 saturated carbocycles. The van der Waals surface area contributed by atoms with E-state index < -0.39 is 17.9 Å². The molecule has 1 heterocycles. The van der Waals surface area contributed by atoms with Gasteiger partial charge in [0.15, 0.2) is 6.04 Å². The van der Waals surface area contributed by atoms with Gasteiger partial charge in [-0.15, -0.1) is 11.7 Å². The summed E-state index contributed by atoms with van der Waals surface area (Å²) in [5, 5.41) is 22.4. The number of methoxy groups -OCH3 is 1. The van der Waals surface area contributed by atoms with Gasteiger partial charge in [-0.3, -0.25) is 4.79 Å². The number of carbonyl (C=O) groups excluding carboxylic acids is 1. The summed E-state index contributed by atoms with van der Waals surface area (Å²) in [7, 11) is 1.47. The quantitative estimate of drug-likeness (QED) is 0.481. The van der Waals surface area contributed by atoms with Crippen molar-refractivity contribution >= 4 is 11.9 Å². The third kappa shape index (κ3) is 4.61. The van der Waals surface area contributed by atoms with Crippen LogP contribution in [0.3, 0.4) is 0 Å². The number of carbonyl (C=O) groups is 2. The van der Waals surface area contributed by atoms with Crippen LogP contribution in [0.4, 0.5) is 0 Å². The maximum absolute atomic E-state index is 12.4. The van der Waals surface area contributed by atoms with Crippen molar-refractivity contribution in [3.63, 3.8) is 0 Å². The summed E-state index contributed by atoms with van der Waals surface area (Å²) in [6.45, 7) is 3.48. The van der Waals surface area contributed by atoms with Crippen LogP contribution in [0, 0.1) is 0 Å². The first-order chi connectivity index (χ1) is 12.1. The van der Waals surface area contributed by atoms with E-state index in [0.29, 0.717) is 11.4 Å². The normalized spacial score (nSPS) is 11.6. The number of carboxylic acids is 1. The molecule has 1 atom stereocenters. The van der Waals surface area contributed by atoms with E-state index in [1.165, 1.54) is 36.3 Å². The molecule has 1 unspecified atom stereocenters. The van der Waals surface area contributed by atoms with Crippen molar-refractivity contribution in [1.29, 1.82) is 0 Å². The van der Waals surface area contributed by atoms with Crippen molar-refractivity contribution in [2.75, 3.05) is 20.3 Å². The van der Waals surface area contributed by atoms with E-state index in [1.807, 2.05) is 0 Å². The third-order valence-corrected chi connectivity index (χ3v) is 3.16. The van der Waals surface area contributed by atoms with Crippen LogP contribution in [0.5, 0.6) is 5.75 Å². The third-order valence-electron chi connectivity index (χ3n) is 3.16. The Labute approximate surface area is 143 Å². The summed E-state index contributed by atoms with van der Waals surface area (Å²) in [5.41, 5.74) is 0.663. The van der Waals surface area contributed by atoms with E-state index in [2.05, 4.69) is 27.4 Å². The Kier molecular flexibility index (Phi) is 6.18. The molecule has 0 radical (unpaired) electrons. The van der Waals surface area contributed by atoms with Gasteiger partial charge in [0.2, 0.25) is 0 Å². The second kappa shape index (κ2) is 8.55. The average Bonchev–Trinajstić information content (AvgIpc) is 3.14. The van der Waals surface area contributed by atoms with Crippen LogP contribution in [0.25, 0.3) is 5.69 Å². The van der Waals surface area contributed by atoms with Crippen molar-refractivity contribution in [3.8, 4) is 11.4 Å². The van der Waals surface area contributed by atoms with E-state index >= 15 is 0 Å². The number of hydrogen-bond donors (Lipinski definition) is 2. The second-order valence-corrected chi connectivity index (χ2v) is 4.83. The Morgan fingerprint density at radius 1 is 1.48 bits per heavy atom. The van der Waals surface area contributed by atoms with Gasteiger partial charge in [-0.1, -0.05) is 6.08 Å². The van der Waals surface area contributed by atoms with Gasteiger partial charge < -0.3 is 19.9 Å². The summed E-state index contributed by atoms with van der Waals surface area (Å²) < 4.78 is 11.6. The Hall–Kier alpha value is -3.27. The van der Waals surface area contributed by atoms with E-state index in [9.17, 15) is 14.7 Å². The molecule has 10 nitrogen and oxygen atoms in total. The van der Waals surface area contributed by atoms with Crippen LogP contribution >= 0.6 is 0 Å². The van der Waals surface area contributed by atoms with Crippen molar-refractivity contribution in [2.24, 2.45) is 0 Å². The summed E-state index contributed by atoms with van der Waals surface area (Å²) in [5.74, 6) is -1.33. The fourth-order valence-electron chi connectivity index (χ4n) is 1.97. The monoisotopic (exact) mass is 347 g/mol. The van der Waals surface area contributed by atoms with Crippen LogP contribution in [0.15, 0.2) is 37.2 Å². The molecule has 2 aromatic rings. The van der Waals surface area contributed by atoms with Crippen molar-refractivity contribution in [2.45, 2.75) is 6.04 Å². The van der Waals surface area contributed by atoms with Crippen LogP contribution in [-0.2, 0) is 9.53 Å². The van der Waals surface area contributed by atoms with Gasteiger partial charge in [-0.25, -0.2) is 4.79 Å². The largest absolute Gasteiger partial charge is 0.494 e. The van der Waals surface area contributed by atoms with Gasteiger partial charge >= 0.3 is 5.97 Å². The fourth-order valence-corrected chi connectivity index (χ4v) is 1.97. The lowest BCUT2D eigenvalue weighted by molar-refractivity contribution is -0.140. The van der Waals surface area contributed by atoms with Gasteiger partial charge in [0.05, 0.1) is 20.3 Å². The number of ether oxygens (including phenoxy) is 2. The van der Waals surface area contributed by atoms with Crippen LogP contribution in [0.1, 0.15) is 10.4 Å². The molecule has 1 aromatic heterocycles. The molecule has 0 bridgehead atoms. The van der Waals surface area contributed by atoms with Gasteiger partial charge in [-0.2, -0.15) is 4.68 Å². The number of aliphatic carboxylic acids is 1. The minimum Gasteiger partial charge on any atom is -0.494 e. The van der Waals surface area contributed by atoms with Crippen molar-refractivity contribution < 1.29 is 24.2 Å². The first-order valence-corrected chi connectivity index (χ1v) is 7.20. The Balaban J connectivity index is 2.19. The standard InChI is InChI=1S/C15H17N5O5/c1-3-6-25-8-11(15(22)23)17-14(21)10-4-5-13(24-2)12(7-10)20-9-16-18-19-20/h3-5,7,9,11H,1,6,8H2,2H3,(H,17,21)(H,22,23). The highest BCUT2D eigenvalue weighted by Crippen LogP contribution is 2.23. The number of carboxylic acid groups (broad SMARTS) is 1. The zero-order valence-electron chi connectivity index (χ0n) is 13.5. The van der Waals surface area contributed by atoms with Crippen molar-refractivity contribution in [1.82, 2.24) is 25.5 Å². The summed E-state index contributed by atoms with van der Waals surface area (Å²) >= 11 is 0. The number of aromatic nitrogens is 4. The minimum absolute atomic E-state index is 0.177. The molecule has 132 valence electrons. The lowest BCUT2D eigenvalue weighted by atomic mass is 10.1. The zero-order valence-corrected chi connectivity index (χ0v) is 13.5. The first-order valence-electron chi connectivity index (χ1n) is 7.20. The molecule has 25 heavy (non-hydrogen) atoms. The van der Waals surface area contributed by atoms with E-state index in [1.54, 1.807) is 6.07 Å². The van der Waals surface area contributed by atoms with Crippen LogP contribution < -0.4 is 10.1 Å². The molecule has 0 aliphatic rings. The van der Waals surface area contributed by atoms with Gasteiger partial charge in [0, 0.05) is 5.56 Å². The smallest absolute Gasteiger partial charge is 0.328 e. The average molecular weight is 347 g/mol. The SMILES string of the molecule is C=CCOCC(NC(=O)c1ccc(OC)c(-n2cnnn2)c1)C(=O)O. The lowest BCUT2D eigenvalue weighted by Gasteiger charge is -2.15. The molecular weight excluding hydrogens is 330 g/mol. The number of amides is 1. The second-order valence-electron chi connectivity index (χ2n) is 4.83. The maximum atomic E-state index is 12.4. The summed E-state index contributed by atoms with van der Waals surface area (Å²) in [6.07, 6.45) is 2.84. The van der Waals surface area contributed by atoms with Crippen LogP contribution in [0.2, 0.25) is 0 Å². The summed E-state index contributed by atoms with van der Waals surface area (Å²) in [6, 6.07) is 3.38. The summed E-state index contributed by atoms with van der Waals surface area (Å²) in [4.78, 5) is 23.6. The number of rotatable bonds is 9. The molecule has 0 aliphatic heterocycles. The van der Waals surface area contributed by atoms with Crippen LogP contribution in [-0.4, -0.2) is 63.6 Å². The molecule has 0 spiro atoms. The Bertz CT molecular complexity index is 747. The zero-order chi connectivity index (χ0) is 18.2. The Morgan fingerprint density at radius 3 is 2.88 bits per heavy atom. The minimum atomic E-state index is -1.20. The highest BCUT2D eigenvalue weighted by molar-refractivity contribution is 5.97. The molecule has 2 N–H and O–H groups in total. The van der Waals surface area contributed by atoms with Crippen molar-refractivity contribution in [3.05, 3.63) is 42.7 Å². The predicted molar refractivity (Wildman–Crippen MR) is 85.6 cm³/mol. The number of tetrazole rings is 1. The molecule has 1 amide bonds. The van der Waals surface area contributed by atoms with E-state index in [0.717, 1.165) is 0 Å². The first kappa shape index (κ1) is 18.1. The Morgan fingerprint density at radius 2 is 2.28 bits per heavy atom. The van der Waals surface area contributed by atoms with E-state index in [-0.39, 0.29) is 18.8 Å². The van der Waals surface area contributed by atoms with Gasteiger partial charge in [-0.05, 0) is 28.6 Å². The number of benzene rings is 1. The molecule has 1 aromatic carbocycles. The molecular formula is C15H17N5O5.